The maximum absolute atomic E-state index is 12.0. The zero-order valence-corrected chi connectivity index (χ0v) is 18.6. The van der Waals surface area contributed by atoms with Crippen LogP contribution >= 0.6 is 0 Å². The number of para-hydroxylation sites is 1. The predicted octanol–water partition coefficient (Wildman–Crippen LogP) is 8.42. The smallest absolute Gasteiger partial charge is 0.311 e. The summed E-state index contributed by atoms with van der Waals surface area (Å²) in [5.74, 6) is 0.645. The van der Waals surface area contributed by atoms with Gasteiger partial charge in [-0.25, -0.2) is 0 Å². The summed E-state index contributed by atoms with van der Waals surface area (Å²) in [6.07, 6.45) is 21.5. The average molecular weight is 389 g/mol. The van der Waals surface area contributed by atoms with Crippen LogP contribution in [0.25, 0.3) is 0 Å². The molecular weight excluding hydrogens is 344 g/mol. The number of hydrogen-bond acceptors (Lipinski definition) is 2. The van der Waals surface area contributed by atoms with Crippen molar-refractivity contribution in [2.24, 2.45) is 0 Å². The quantitative estimate of drug-likeness (QED) is 0.143. The van der Waals surface area contributed by atoms with E-state index in [0.717, 1.165) is 30.6 Å². The minimum absolute atomic E-state index is 0.0874. The number of hydrogen-bond donors (Lipinski definition) is 0. The van der Waals surface area contributed by atoms with Crippen LogP contribution in [0.1, 0.15) is 122 Å². The molecule has 0 spiro atoms. The van der Waals surface area contributed by atoms with Gasteiger partial charge in [-0.3, -0.25) is 4.79 Å². The van der Waals surface area contributed by atoms with E-state index in [1.807, 2.05) is 24.3 Å². The molecule has 0 aliphatic rings. The van der Waals surface area contributed by atoms with E-state index in [9.17, 15) is 4.79 Å². The number of carbonyl (C=O) groups excluding carboxylic acids is 1. The van der Waals surface area contributed by atoms with Crippen LogP contribution in [0.3, 0.4) is 0 Å². The lowest BCUT2D eigenvalue weighted by Crippen LogP contribution is -2.08. The third kappa shape index (κ3) is 13.0. The van der Waals surface area contributed by atoms with Gasteiger partial charge in [-0.1, -0.05) is 122 Å². The van der Waals surface area contributed by atoms with Crippen LogP contribution in [-0.2, 0) is 11.2 Å². The van der Waals surface area contributed by atoms with E-state index >= 15 is 0 Å². The molecule has 0 aliphatic carbocycles. The second kappa shape index (κ2) is 17.8. The number of benzene rings is 1. The minimum Gasteiger partial charge on any atom is -0.426 e. The lowest BCUT2D eigenvalue weighted by Gasteiger charge is -2.08. The highest BCUT2D eigenvalue weighted by molar-refractivity contribution is 5.72. The average Bonchev–Trinajstić information content (AvgIpc) is 2.71. The summed E-state index contributed by atoms with van der Waals surface area (Å²) in [5.41, 5.74) is 1.10. The molecule has 0 saturated heterocycles. The van der Waals surface area contributed by atoms with Crippen molar-refractivity contribution in [1.82, 2.24) is 0 Å². The van der Waals surface area contributed by atoms with Crippen molar-refractivity contribution in [1.29, 1.82) is 0 Å². The summed E-state index contributed by atoms with van der Waals surface area (Å²) in [7, 11) is 0. The number of carbonyl (C=O) groups is 1. The maximum Gasteiger partial charge on any atom is 0.311 e. The summed E-state index contributed by atoms with van der Waals surface area (Å²) >= 11 is 0. The molecule has 0 fully saturated rings. The standard InChI is InChI=1S/C26H44O2/c1-3-5-6-7-8-9-10-11-12-13-14-15-16-17-18-23-26(27)28-25-22-20-19-21-24(25)4-2/h19-22H,3-18,23H2,1-2H3. The molecule has 0 aromatic heterocycles. The van der Waals surface area contributed by atoms with Crippen LogP contribution in [0, 0.1) is 0 Å². The third-order valence-corrected chi connectivity index (χ3v) is 5.56. The van der Waals surface area contributed by atoms with E-state index in [1.54, 1.807) is 0 Å². The van der Waals surface area contributed by atoms with Gasteiger partial charge in [0.25, 0.3) is 0 Å². The summed E-state index contributed by atoms with van der Waals surface area (Å²) in [6.45, 7) is 4.36. The van der Waals surface area contributed by atoms with Crippen LogP contribution < -0.4 is 4.74 Å². The van der Waals surface area contributed by atoms with Gasteiger partial charge in [-0.15, -0.1) is 0 Å². The molecule has 1 aromatic carbocycles. The summed E-state index contributed by atoms with van der Waals surface area (Å²) in [5, 5.41) is 0. The minimum atomic E-state index is -0.0874. The number of aryl methyl sites for hydroxylation is 1. The normalized spacial score (nSPS) is 10.9. The summed E-state index contributed by atoms with van der Waals surface area (Å²) in [6, 6.07) is 7.83. The van der Waals surface area contributed by atoms with Gasteiger partial charge < -0.3 is 4.74 Å². The Kier molecular flexibility index (Phi) is 15.7. The zero-order valence-electron chi connectivity index (χ0n) is 18.6. The molecule has 2 heteroatoms. The monoisotopic (exact) mass is 388 g/mol. The zero-order chi connectivity index (χ0) is 20.3. The molecule has 0 N–H and O–H groups in total. The number of unbranched alkanes of at least 4 members (excludes halogenated alkanes) is 14. The molecule has 2 nitrogen and oxygen atoms in total. The van der Waals surface area contributed by atoms with Crippen molar-refractivity contribution < 1.29 is 9.53 Å². The van der Waals surface area contributed by atoms with Crippen molar-refractivity contribution >= 4 is 5.97 Å². The van der Waals surface area contributed by atoms with Crippen molar-refractivity contribution in [3.8, 4) is 5.75 Å². The molecule has 28 heavy (non-hydrogen) atoms. The van der Waals surface area contributed by atoms with Gasteiger partial charge >= 0.3 is 5.97 Å². The predicted molar refractivity (Wildman–Crippen MR) is 121 cm³/mol. The van der Waals surface area contributed by atoms with E-state index in [0.29, 0.717) is 6.42 Å². The van der Waals surface area contributed by atoms with E-state index < -0.39 is 0 Å². The molecular formula is C26H44O2. The van der Waals surface area contributed by atoms with Crippen LogP contribution in [0.2, 0.25) is 0 Å². The van der Waals surface area contributed by atoms with Gasteiger partial charge in [0, 0.05) is 6.42 Å². The molecule has 1 aromatic rings. The molecule has 0 radical (unpaired) electrons. The van der Waals surface area contributed by atoms with Crippen molar-refractivity contribution in [3.63, 3.8) is 0 Å². The lowest BCUT2D eigenvalue weighted by molar-refractivity contribution is -0.134. The van der Waals surface area contributed by atoms with Gasteiger partial charge in [0.2, 0.25) is 0 Å². The Labute approximate surface area is 174 Å². The molecule has 0 heterocycles. The van der Waals surface area contributed by atoms with E-state index in [-0.39, 0.29) is 5.97 Å². The Morgan fingerprint density at radius 2 is 1.14 bits per heavy atom. The first-order chi connectivity index (χ1) is 13.8. The van der Waals surface area contributed by atoms with Crippen LogP contribution in [-0.4, -0.2) is 5.97 Å². The highest BCUT2D eigenvalue weighted by atomic mass is 16.5. The van der Waals surface area contributed by atoms with Crippen LogP contribution in [0.5, 0.6) is 5.75 Å². The highest BCUT2D eigenvalue weighted by Crippen LogP contribution is 2.19. The second-order valence-electron chi connectivity index (χ2n) is 8.14. The lowest BCUT2D eigenvalue weighted by atomic mass is 10.0. The fourth-order valence-corrected chi connectivity index (χ4v) is 3.71. The molecule has 0 amide bonds. The molecule has 0 unspecified atom stereocenters. The van der Waals surface area contributed by atoms with Crippen LogP contribution in [0.15, 0.2) is 24.3 Å². The van der Waals surface area contributed by atoms with Gasteiger partial charge in [-0.2, -0.15) is 0 Å². The third-order valence-electron chi connectivity index (χ3n) is 5.56. The Balaban J connectivity index is 1.87. The van der Waals surface area contributed by atoms with Gasteiger partial charge in [0.05, 0.1) is 0 Å². The first kappa shape index (κ1) is 24.7. The van der Waals surface area contributed by atoms with Crippen molar-refractivity contribution in [3.05, 3.63) is 29.8 Å². The molecule has 0 atom stereocenters. The maximum atomic E-state index is 12.0. The molecule has 160 valence electrons. The first-order valence-electron chi connectivity index (χ1n) is 12.1. The fourth-order valence-electron chi connectivity index (χ4n) is 3.71. The summed E-state index contributed by atoms with van der Waals surface area (Å²) in [4.78, 5) is 12.0. The van der Waals surface area contributed by atoms with E-state index in [2.05, 4.69) is 13.8 Å². The molecule has 0 saturated carbocycles. The first-order valence-corrected chi connectivity index (χ1v) is 12.1. The summed E-state index contributed by atoms with van der Waals surface area (Å²) < 4.78 is 5.52. The van der Waals surface area contributed by atoms with Gasteiger partial charge in [-0.05, 0) is 24.5 Å². The Morgan fingerprint density at radius 1 is 0.679 bits per heavy atom. The Hall–Kier alpha value is -1.31. The Bertz CT molecular complexity index is 495. The second-order valence-corrected chi connectivity index (χ2v) is 8.14. The number of esters is 1. The van der Waals surface area contributed by atoms with Gasteiger partial charge in [0.1, 0.15) is 5.75 Å². The molecule has 1 rings (SSSR count). The Morgan fingerprint density at radius 3 is 1.64 bits per heavy atom. The highest BCUT2D eigenvalue weighted by Gasteiger charge is 2.07. The number of ether oxygens (including phenoxy) is 1. The van der Waals surface area contributed by atoms with E-state index in [1.165, 1.54) is 83.5 Å². The van der Waals surface area contributed by atoms with Crippen LogP contribution in [0.4, 0.5) is 0 Å². The molecule has 0 aliphatic heterocycles. The van der Waals surface area contributed by atoms with Gasteiger partial charge in [0.15, 0.2) is 0 Å². The topological polar surface area (TPSA) is 26.3 Å². The fraction of sp³-hybridized carbons (Fsp3) is 0.731. The largest absolute Gasteiger partial charge is 0.426 e. The van der Waals surface area contributed by atoms with Crippen molar-refractivity contribution in [2.45, 2.75) is 123 Å². The SMILES string of the molecule is CCCCCCCCCCCCCCCCCC(=O)Oc1ccccc1CC. The number of rotatable bonds is 18. The van der Waals surface area contributed by atoms with Crippen molar-refractivity contribution in [2.75, 3.05) is 0 Å². The van der Waals surface area contributed by atoms with E-state index in [4.69, 9.17) is 4.74 Å². The molecule has 0 bridgehead atoms.